The first kappa shape index (κ1) is 17.8. The summed E-state index contributed by atoms with van der Waals surface area (Å²) < 4.78 is 6.09. The Morgan fingerprint density at radius 1 is 1.14 bits per heavy atom. The molecule has 3 aliphatic carbocycles. The summed E-state index contributed by atoms with van der Waals surface area (Å²) in [5.74, 6) is 3.35. The molecule has 1 heteroatoms. The lowest BCUT2D eigenvalue weighted by Crippen LogP contribution is -2.40. The molecule has 2 aromatic rings. The molecule has 144 valence electrons. The van der Waals surface area contributed by atoms with Crippen molar-refractivity contribution in [3.05, 3.63) is 89.5 Å². The van der Waals surface area contributed by atoms with Gasteiger partial charge in [-0.15, -0.1) is 0 Å². The largest absolute Gasteiger partial charge is 0.489 e. The minimum absolute atomic E-state index is 0.360. The zero-order valence-electron chi connectivity index (χ0n) is 16.9. The average molecular weight is 371 g/mol. The second-order valence-corrected chi connectivity index (χ2v) is 9.11. The number of benzene rings is 2. The molecule has 4 atom stereocenters. The number of allylic oxidation sites excluding steroid dienone is 3. The van der Waals surface area contributed by atoms with Crippen molar-refractivity contribution in [3.63, 3.8) is 0 Å². The van der Waals surface area contributed by atoms with E-state index in [-0.39, 0.29) is 0 Å². The van der Waals surface area contributed by atoms with Gasteiger partial charge in [0.05, 0.1) is 0 Å². The molecule has 1 fully saturated rings. The van der Waals surface area contributed by atoms with Crippen LogP contribution in [0.4, 0.5) is 0 Å². The predicted molar refractivity (Wildman–Crippen MR) is 115 cm³/mol. The van der Waals surface area contributed by atoms with Crippen LogP contribution in [-0.4, -0.2) is 0 Å². The molecule has 5 rings (SSSR count). The molecule has 0 radical (unpaired) electrons. The molecule has 0 spiro atoms. The van der Waals surface area contributed by atoms with E-state index in [1.54, 1.807) is 5.56 Å². The molecule has 0 N–H and O–H groups in total. The molecule has 2 unspecified atom stereocenters. The maximum Gasteiger partial charge on any atom is 0.120 e. The lowest BCUT2D eigenvalue weighted by Gasteiger charge is -2.50. The van der Waals surface area contributed by atoms with E-state index < -0.39 is 0 Å². The van der Waals surface area contributed by atoms with Gasteiger partial charge in [-0.05, 0) is 89.7 Å². The summed E-state index contributed by atoms with van der Waals surface area (Å²) in [6.07, 6.45) is 10.9. The van der Waals surface area contributed by atoms with E-state index in [0.717, 1.165) is 23.5 Å². The highest BCUT2D eigenvalue weighted by atomic mass is 16.5. The third-order valence-electron chi connectivity index (χ3n) is 7.81. The molecular weight excluding hydrogens is 340 g/mol. The van der Waals surface area contributed by atoms with Gasteiger partial charge in [0.1, 0.15) is 12.4 Å². The first-order valence-electron chi connectivity index (χ1n) is 10.8. The van der Waals surface area contributed by atoms with Crippen molar-refractivity contribution in [2.24, 2.45) is 17.3 Å². The maximum absolute atomic E-state index is 6.09. The minimum Gasteiger partial charge on any atom is -0.489 e. The first-order valence-corrected chi connectivity index (χ1v) is 10.8. The summed E-state index contributed by atoms with van der Waals surface area (Å²) in [5.41, 5.74) is 6.20. The Balaban J connectivity index is 1.35. The summed E-state index contributed by atoms with van der Waals surface area (Å²) in [4.78, 5) is 0. The van der Waals surface area contributed by atoms with Crippen LogP contribution in [0.1, 0.15) is 55.2 Å². The summed E-state index contributed by atoms with van der Waals surface area (Å²) in [6.45, 7) is 7.22. The molecule has 3 aliphatic rings. The van der Waals surface area contributed by atoms with Gasteiger partial charge in [-0.2, -0.15) is 0 Å². The smallest absolute Gasteiger partial charge is 0.120 e. The van der Waals surface area contributed by atoms with Gasteiger partial charge >= 0.3 is 0 Å². The van der Waals surface area contributed by atoms with E-state index in [0.29, 0.717) is 12.0 Å². The van der Waals surface area contributed by atoms with Gasteiger partial charge in [0.15, 0.2) is 0 Å². The number of aryl methyl sites for hydroxylation is 1. The van der Waals surface area contributed by atoms with Gasteiger partial charge in [0.25, 0.3) is 0 Å². The van der Waals surface area contributed by atoms with Crippen LogP contribution in [0.3, 0.4) is 0 Å². The van der Waals surface area contributed by atoms with Crippen LogP contribution < -0.4 is 4.74 Å². The molecule has 0 bridgehead atoms. The zero-order chi connectivity index (χ0) is 19.1. The summed E-state index contributed by atoms with van der Waals surface area (Å²) >= 11 is 0. The van der Waals surface area contributed by atoms with Crippen LogP contribution in [-0.2, 0) is 13.0 Å². The van der Waals surface area contributed by atoms with Crippen molar-refractivity contribution in [1.29, 1.82) is 0 Å². The van der Waals surface area contributed by atoms with Gasteiger partial charge in [-0.1, -0.05) is 62.1 Å². The molecule has 0 aliphatic heterocycles. The van der Waals surface area contributed by atoms with Crippen LogP contribution in [0.2, 0.25) is 0 Å². The SMILES string of the molecule is C=CC1=CC[C@H]2C3CCc4cc(OCc5ccccc5)ccc4C3CC[C@]12C. The fourth-order valence-electron chi connectivity index (χ4n) is 6.31. The van der Waals surface area contributed by atoms with Crippen molar-refractivity contribution in [2.75, 3.05) is 0 Å². The Kier molecular flexibility index (Phi) is 4.42. The predicted octanol–water partition coefficient (Wildman–Crippen LogP) is 6.84. The number of ether oxygens (including phenoxy) is 1. The Labute approximate surface area is 169 Å². The Morgan fingerprint density at radius 3 is 2.82 bits per heavy atom. The molecule has 2 aromatic carbocycles. The molecule has 0 aromatic heterocycles. The van der Waals surface area contributed by atoms with Gasteiger partial charge in [-0.3, -0.25) is 0 Å². The second kappa shape index (κ2) is 6.95. The van der Waals surface area contributed by atoms with E-state index in [2.05, 4.69) is 68.1 Å². The molecule has 28 heavy (non-hydrogen) atoms. The van der Waals surface area contributed by atoms with Gasteiger partial charge in [-0.25, -0.2) is 0 Å². The van der Waals surface area contributed by atoms with Gasteiger partial charge in [0, 0.05) is 0 Å². The maximum atomic E-state index is 6.09. The molecular formula is C27H30O. The standard InChI is InChI=1S/C27H30O/c1-3-21-10-14-26-25-12-9-20-17-22(28-18-19-7-5-4-6-8-19)11-13-23(20)24(25)15-16-27(21,26)2/h3-8,10-11,13,17,24-26H,1,9,12,14-16,18H2,2H3/t24?,25?,26-,27+/m0/s1. The van der Waals surface area contributed by atoms with Crippen molar-refractivity contribution in [3.8, 4) is 5.75 Å². The zero-order valence-corrected chi connectivity index (χ0v) is 16.9. The normalized spacial score (nSPS) is 30.6. The van der Waals surface area contributed by atoms with Crippen LogP contribution >= 0.6 is 0 Å². The molecule has 0 heterocycles. The lowest BCUT2D eigenvalue weighted by atomic mass is 9.54. The Bertz CT molecular complexity index is 909. The van der Waals surface area contributed by atoms with Crippen molar-refractivity contribution in [1.82, 2.24) is 0 Å². The number of fused-ring (bicyclic) bond motifs is 5. The van der Waals surface area contributed by atoms with Crippen molar-refractivity contribution in [2.45, 2.75) is 51.6 Å². The quantitative estimate of drug-likeness (QED) is 0.572. The van der Waals surface area contributed by atoms with Gasteiger partial charge < -0.3 is 4.74 Å². The van der Waals surface area contributed by atoms with E-state index in [4.69, 9.17) is 4.74 Å². The van der Waals surface area contributed by atoms with E-state index in [9.17, 15) is 0 Å². The topological polar surface area (TPSA) is 9.23 Å². The van der Waals surface area contributed by atoms with Crippen LogP contribution in [0, 0.1) is 17.3 Å². The molecule has 0 saturated heterocycles. The van der Waals surface area contributed by atoms with E-state index in [1.807, 2.05) is 6.07 Å². The Hall–Kier alpha value is -2.28. The molecule has 1 nitrogen and oxygen atoms in total. The summed E-state index contributed by atoms with van der Waals surface area (Å²) in [6, 6.07) is 17.3. The highest BCUT2D eigenvalue weighted by Crippen LogP contribution is 2.61. The highest BCUT2D eigenvalue weighted by Gasteiger charge is 2.50. The highest BCUT2D eigenvalue weighted by molar-refractivity contribution is 5.42. The van der Waals surface area contributed by atoms with Crippen molar-refractivity contribution < 1.29 is 4.74 Å². The first-order chi connectivity index (χ1) is 13.7. The molecule has 1 saturated carbocycles. The van der Waals surface area contributed by atoms with Gasteiger partial charge in [0.2, 0.25) is 0 Å². The summed E-state index contributed by atoms with van der Waals surface area (Å²) in [7, 11) is 0. The third-order valence-corrected chi connectivity index (χ3v) is 7.81. The fraction of sp³-hybridized carbons (Fsp3) is 0.407. The van der Waals surface area contributed by atoms with Crippen LogP contribution in [0.25, 0.3) is 0 Å². The lowest BCUT2D eigenvalue weighted by molar-refractivity contribution is 0.0774. The Morgan fingerprint density at radius 2 is 2.00 bits per heavy atom. The van der Waals surface area contributed by atoms with Crippen LogP contribution in [0.15, 0.2) is 72.8 Å². The van der Waals surface area contributed by atoms with E-state index in [1.165, 1.54) is 48.8 Å². The van der Waals surface area contributed by atoms with Crippen LogP contribution in [0.5, 0.6) is 5.75 Å². The van der Waals surface area contributed by atoms with E-state index >= 15 is 0 Å². The third kappa shape index (κ3) is 2.83. The average Bonchev–Trinajstić information content (AvgIpc) is 3.09. The fourth-order valence-corrected chi connectivity index (χ4v) is 6.31. The number of hydrogen-bond donors (Lipinski definition) is 0. The minimum atomic E-state index is 0.360. The second-order valence-electron chi connectivity index (χ2n) is 9.11. The number of rotatable bonds is 4. The molecule has 0 amide bonds. The van der Waals surface area contributed by atoms with Crippen molar-refractivity contribution >= 4 is 0 Å². The summed E-state index contributed by atoms with van der Waals surface area (Å²) in [5, 5.41) is 0. The monoisotopic (exact) mass is 370 g/mol. The number of hydrogen-bond acceptors (Lipinski definition) is 1.